The molecule has 1 atom stereocenters. The third kappa shape index (κ3) is 4.25. The van der Waals surface area contributed by atoms with Crippen molar-refractivity contribution in [2.75, 3.05) is 20.2 Å². The molecular formula is C22H28N2OS. The Labute approximate surface area is 162 Å². The molecule has 138 valence electrons. The molecule has 0 fully saturated rings. The van der Waals surface area contributed by atoms with Gasteiger partial charge in [0.05, 0.1) is 12.7 Å². The van der Waals surface area contributed by atoms with Crippen LogP contribution in [-0.4, -0.2) is 36.1 Å². The van der Waals surface area contributed by atoms with E-state index in [-0.39, 0.29) is 0 Å². The fraction of sp³-hybridized carbons (Fsp3) is 0.409. The molecule has 2 aromatic rings. The average molecular weight is 369 g/mol. The van der Waals surface area contributed by atoms with Crippen LogP contribution in [0.15, 0.2) is 42.5 Å². The largest absolute Gasteiger partial charge is 0.496 e. The van der Waals surface area contributed by atoms with Crippen LogP contribution in [0.1, 0.15) is 35.6 Å². The van der Waals surface area contributed by atoms with Gasteiger partial charge in [-0.3, -0.25) is 4.90 Å². The number of nitrogens with zero attached hydrogens (tertiary/aromatic N) is 1. The van der Waals surface area contributed by atoms with Crippen molar-refractivity contribution >= 4 is 17.2 Å². The first-order chi connectivity index (χ1) is 12.6. The van der Waals surface area contributed by atoms with E-state index in [0.29, 0.717) is 6.04 Å². The first kappa shape index (κ1) is 18.9. The van der Waals surface area contributed by atoms with Crippen molar-refractivity contribution in [1.29, 1.82) is 0 Å². The van der Waals surface area contributed by atoms with Crippen molar-refractivity contribution < 1.29 is 4.74 Å². The molecule has 1 aliphatic rings. The van der Waals surface area contributed by atoms with Crippen LogP contribution in [0.5, 0.6) is 5.75 Å². The highest BCUT2D eigenvalue weighted by Crippen LogP contribution is 2.24. The lowest BCUT2D eigenvalue weighted by atomic mass is 9.93. The summed E-state index contributed by atoms with van der Waals surface area (Å²) in [5.41, 5.74) is 5.08. The summed E-state index contributed by atoms with van der Waals surface area (Å²) in [5, 5.41) is 3.50. The maximum atomic E-state index is 5.67. The van der Waals surface area contributed by atoms with Crippen molar-refractivity contribution in [2.45, 2.75) is 39.3 Å². The van der Waals surface area contributed by atoms with E-state index in [1.165, 1.54) is 16.7 Å². The molecule has 0 spiro atoms. The van der Waals surface area contributed by atoms with E-state index in [1.54, 1.807) is 7.11 Å². The summed E-state index contributed by atoms with van der Waals surface area (Å²) >= 11 is 5.67. The first-order valence-electron chi connectivity index (χ1n) is 9.36. The lowest BCUT2D eigenvalue weighted by Gasteiger charge is -2.37. The lowest BCUT2D eigenvalue weighted by molar-refractivity contribution is 0.172. The lowest BCUT2D eigenvalue weighted by Crippen LogP contribution is -2.47. The number of thiocarbonyl (C=S) groups is 1. The Hall–Kier alpha value is -1.91. The van der Waals surface area contributed by atoms with E-state index in [9.17, 15) is 0 Å². The summed E-state index contributed by atoms with van der Waals surface area (Å²) in [4.78, 5) is 3.34. The van der Waals surface area contributed by atoms with Gasteiger partial charge in [0.25, 0.3) is 0 Å². The highest BCUT2D eigenvalue weighted by Gasteiger charge is 2.25. The van der Waals surface area contributed by atoms with Crippen LogP contribution in [-0.2, 0) is 13.0 Å². The van der Waals surface area contributed by atoms with Crippen molar-refractivity contribution in [2.24, 2.45) is 0 Å². The molecule has 0 radical (unpaired) electrons. The van der Waals surface area contributed by atoms with Crippen molar-refractivity contribution in [3.8, 4) is 5.75 Å². The van der Waals surface area contributed by atoms with Gasteiger partial charge in [0.15, 0.2) is 0 Å². The van der Waals surface area contributed by atoms with Crippen LogP contribution in [0.4, 0.5) is 0 Å². The molecule has 0 aliphatic carbocycles. The van der Waals surface area contributed by atoms with Gasteiger partial charge in [-0.15, -0.1) is 0 Å². The van der Waals surface area contributed by atoms with Gasteiger partial charge >= 0.3 is 0 Å². The number of aryl methyl sites for hydroxylation is 1. The Morgan fingerprint density at radius 3 is 2.73 bits per heavy atom. The Balaban J connectivity index is 1.71. The zero-order valence-corrected chi connectivity index (χ0v) is 16.7. The summed E-state index contributed by atoms with van der Waals surface area (Å²) < 4.78 is 5.48. The van der Waals surface area contributed by atoms with Crippen LogP contribution in [0.2, 0.25) is 0 Å². The molecule has 1 aliphatic heterocycles. The zero-order chi connectivity index (χ0) is 18.5. The smallest absolute Gasteiger partial charge is 0.129 e. The second-order valence-electron chi connectivity index (χ2n) is 7.01. The molecule has 0 amide bonds. The van der Waals surface area contributed by atoms with Crippen molar-refractivity contribution in [1.82, 2.24) is 10.2 Å². The highest BCUT2D eigenvalue weighted by molar-refractivity contribution is 7.80. The number of ether oxygens (including phenoxy) is 1. The second-order valence-corrected chi connectivity index (χ2v) is 7.42. The Morgan fingerprint density at radius 2 is 2.00 bits per heavy atom. The fourth-order valence-corrected chi connectivity index (χ4v) is 3.94. The summed E-state index contributed by atoms with van der Waals surface area (Å²) in [7, 11) is 1.69. The predicted molar refractivity (Wildman–Crippen MR) is 112 cm³/mol. The minimum atomic E-state index is 0.457. The second kappa shape index (κ2) is 8.65. The van der Waals surface area contributed by atoms with Gasteiger partial charge in [0.2, 0.25) is 0 Å². The van der Waals surface area contributed by atoms with Gasteiger partial charge in [0, 0.05) is 19.1 Å². The van der Waals surface area contributed by atoms with E-state index in [2.05, 4.69) is 54.4 Å². The van der Waals surface area contributed by atoms with Crippen LogP contribution in [0, 0.1) is 6.92 Å². The molecule has 0 bridgehead atoms. The van der Waals surface area contributed by atoms with Gasteiger partial charge in [-0.2, -0.15) is 0 Å². The monoisotopic (exact) mass is 368 g/mol. The van der Waals surface area contributed by atoms with Crippen LogP contribution < -0.4 is 10.1 Å². The average Bonchev–Trinajstić information content (AvgIpc) is 2.66. The SMILES string of the molecule is CCCN1Cc2ccccc2C[C@H]1CNC(=S)c1cc(C)ccc1OC. The molecule has 0 saturated carbocycles. The number of methoxy groups -OCH3 is 1. The third-order valence-corrected chi connectivity index (χ3v) is 5.44. The fourth-order valence-electron chi connectivity index (χ4n) is 3.70. The molecule has 0 saturated heterocycles. The standard InChI is InChI=1S/C22H28N2OS/c1-4-11-24-15-18-8-6-5-7-17(18)13-19(24)14-23-22(26)20-12-16(2)9-10-21(20)25-3/h5-10,12,19H,4,11,13-15H2,1-3H3,(H,23,26)/t19-/m0/s1. The first-order valence-corrected chi connectivity index (χ1v) is 9.77. The predicted octanol–water partition coefficient (Wildman–Crippen LogP) is 4.11. The Bertz CT molecular complexity index is 774. The topological polar surface area (TPSA) is 24.5 Å². The molecule has 0 unspecified atom stereocenters. The zero-order valence-electron chi connectivity index (χ0n) is 15.9. The molecule has 2 aromatic carbocycles. The van der Waals surface area contributed by atoms with E-state index in [4.69, 9.17) is 17.0 Å². The minimum absolute atomic E-state index is 0.457. The quantitative estimate of drug-likeness (QED) is 0.776. The van der Waals surface area contributed by atoms with E-state index >= 15 is 0 Å². The molecule has 4 heteroatoms. The van der Waals surface area contributed by atoms with Crippen molar-refractivity contribution in [3.05, 3.63) is 64.7 Å². The van der Waals surface area contributed by atoms with E-state index in [1.807, 2.05) is 12.1 Å². The Morgan fingerprint density at radius 1 is 1.23 bits per heavy atom. The van der Waals surface area contributed by atoms with Gasteiger partial charge in [-0.05, 0) is 49.6 Å². The number of hydrogen-bond acceptors (Lipinski definition) is 3. The van der Waals surface area contributed by atoms with E-state index in [0.717, 1.165) is 48.8 Å². The number of nitrogens with one attached hydrogen (secondary N) is 1. The Kier molecular flexibility index (Phi) is 6.28. The highest BCUT2D eigenvalue weighted by atomic mass is 32.1. The molecule has 3 nitrogen and oxygen atoms in total. The summed E-state index contributed by atoms with van der Waals surface area (Å²) in [5.74, 6) is 0.826. The van der Waals surface area contributed by atoms with Crippen LogP contribution in [0.3, 0.4) is 0 Å². The maximum Gasteiger partial charge on any atom is 0.129 e. The van der Waals surface area contributed by atoms with Crippen molar-refractivity contribution in [3.63, 3.8) is 0 Å². The normalized spacial score (nSPS) is 16.8. The summed E-state index contributed by atoms with van der Waals surface area (Å²) in [6.07, 6.45) is 2.23. The molecule has 0 aromatic heterocycles. The van der Waals surface area contributed by atoms with Crippen LogP contribution >= 0.6 is 12.2 Å². The molecular weight excluding hydrogens is 340 g/mol. The van der Waals surface area contributed by atoms with Gasteiger partial charge < -0.3 is 10.1 Å². The van der Waals surface area contributed by atoms with E-state index < -0.39 is 0 Å². The number of benzene rings is 2. The van der Waals surface area contributed by atoms with Crippen LogP contribution in [0.25, 0.3) is 0 Å². The summed E-state index contributed by atoms with van der Waals surface area (Å²) in [6.45, 7) is 7.31. The summed E-state index contributed by atoms with van der Waals surface area (Å²) in [6, 6.07) is 15.4. The number of rotatable bonds is 6. The minimum Gasteiger partial charge on any atom is -0.496 e. The molecule has 1 heterocycles. The third-order valence-electron chi connectivity index (χ3n) is 5.07. The molecule has 1 N–H and O–H groups in total. The molecule has 26 heavy (non-hydrogen) atoms. The number of hydrogen-bond donors (Lipinski definition) is 1. The molecule has 3 rings (SSSR count). The van der Waals surface area contributed by atoms with Gasteiger partial charge in [0.1, 0.15) is 10.7 Å². The number of fused-ring (bicyclic) bond motifs is 1. The van der Waals surface area contributed by atoms with Gasteiger partial charge in [-0.1, -0.05) is 55.0 Å². The maximum absolute atomic E-state index is 5.67. The van der Waals surface area contributed by atoms with Gasteiger partial charge in [-0.25, -0.2) is 0 Å².